The first kappa shape index (κ1) is 11.7. The Morgan fingerprint density at radius 2 is 2.12 bits per heavy atom. The van der Waals surface area contributed by atoms with E-state index in [2.05, 4.69) is 9.97 Å². The highest BCUT2D eigenvalue weighted by Gasteiger charge is 2.03. The van der Waals surface area contributed by atoms with Crippen molar-refractivity contribution in [1.82, 2.24) is 9.97 Å². The number of rotatable bonds is 4. The van der Waals surface area contributed by atoms with Crippen LogP contribution < -0.4 is 9.47 Å². The van der Waals surface area contributed by atoms with Gasteiger partial charge in [-0.3, -0.25) is 0 Å². The number of nitrogens with zero attached hydrogens (tertiary/aromatic N) is 2. The molecule has 0 saturated carbocycles. The van der Waals surface area contributed by atoms with E-state index < -0.39 is 0 Å². The molecule has 0 aromatic carbocycles. The van der Waals surface area contributed by atoms with Crippen LogP contribution >= 0.6 is 11.6 Å². The molecule has 0 bridgehead atoms. The van der Waals surface area contributed by atoms with E-state index in [1.165, 1.54) is 0 Å². The molecule has 0 N–H and O–H groups in total. The van der Waals surface area contributed by atoms with Gasteiger partial charge in [0.05, 0.1) is 12.8 Å². The third-order valence-electron chi connectivity index (χ3n) is 2.09. The molecule has 2 heterocycles. The van der Waals surface area contributed by atoms with Crippen LogP contribution in [0, 0.1) is 0 Å². The van der Waals surface area contributed by atoms with Crippen molar-refractivity contribution in [2.45, 2.75) is 6.61 Å². The normalized spacial score (nSPS) is 10.0. The number of aromatic nitrogens is 2. The molecule has 0 spiro atoms. The first-order chi connectivity index (χ1) is 8.29. The van der Waals surface area contributed by atoms with Crippen molar-refractivity contribution in [2.75, 3.05) is 7.11 Å². The predicted molar refractivity (Wildman–Crippen MR) is 64.4 cm³/mol. The topological polar surface area (TPSA) is 44.2 Å². The van der Waals surface area contributed by atoms with Crippen molar-refractivity contribution in [3.05, 3.63) is 47.4 Å². The highest BCUT2D eigenvalue weighted by atomic mass is 35.5. The van der Waals surface area contributed by atoms with Crippen LogP contribution in [0.5, 0.6) is 11.6 Å². The van der Waals surface area contributed by atoms with Crippen LogP contribution in [0.2, 0.25) is 5.15 Å². The quantitative estimate of drug-likeness (QED) is 0.783. The van der Waals surface area contributed by atoms with Crippen molar-refractivity contribution in [3.8, 4) is 11.6 Å². The molecule has 0 aliphatic heterocycles. The zero-order valence-corrected chi connectivity index (χ0v) is 10.0. The van der Waals surface area contributed by atoms with Gasteiger partial charge in [-0.1, -0.05) is 17.7 Å². The molecule has 0 aliphatic rings. The Hall–Kier alpha value is -1.81. The van der Waals surface area contributed by atoms with Crippen LogP contribution in [-0.2, 0) is 6.61 Å². The average Bonchev–Trinajstić information content (AvgIpc) is 2.38. The molecule has 0 unspecified atom stereocenters. The minimum absolute atomic E-state index is 0.322. The van der Waals surface area contributed by atoms with Crippen LogP contribution in [0.15, 0.2) is 36.5 Å². The second kappa shape index (κ2) is 5.50. The fourth-order valence-corrected chi connectivity index (χ4v) is 1.46. The van der Waals surface area contributed by atoms with Crippen molar-refractivity contribution in [2.24, 2.45) is 0 Å². The molecule has 4 nitrogen and oxygen atoms in total. The van der Waals surface area contributed by atoms with Gasteiger partial charge in [0.15, 0.2) is 10.9 Å². The van der Waals surface area contributed by atoms with Crippen molar-refractivity contribution < 1.29 is 9.47 Å². The van der Waals surface area contributed by atoms with E-state index in [1.807, 2.05) is 12.1 Å². The van der Waals surface area contributed by atoms with Crippen LogP contribution in [0.3, 0.4) is 0 Å². The lowest BCUT2D eigenvalue weighted by molar-refractivity contribution is 0.297. The van der Waals surface area contributed by atoms with Crippen LogP contribution in [0.25, 0.3) is 0 Å². The van der Waals surface area contributed by atoms with Gasteiger partial charge in [-0.05, 0) is 18.2 Å². The molecule has 0 radical (unpaired) electrons. The highest BCUT2D eigenvalue weighted by molar-refractivity contribution is 6.30. The molecule has 0 fully saturated rings. The summed E-state index contributed by atoms with van der Waals surface area (Å²) in [7, 11) is 1.57. The summed E-state index contributed by atoms with van der Waals surface area (Å²) in [5, 5.41) is 0.343. The second-order valence-electron chi connectivity index (χ2n) is 3.25. The molecule has 17 heavy (non-hydrogen) atoms. The molecule has 0 aliphatic carbocycles. The van der Waals surface area contributed by atoms with Gasteiger partial charge in [-0.2, -0.15) is 0 Å². The molecule has 2 aromatic rings. The zero-order chi connectivity index (χ0) is 12.1. The van der Waals surface area contributed by atoms with E-state index in [-0.39, 0.29) is 0 Å². The summed E-state index contributed by atoms with van der Waals surface area (Å²) in [4.78, 5) is 8.15. The van der Waals surface area contributed by atoms with Crippen molar-refractivity contribution in [1.29, 1.82) is 0 Å². The largest absolute Gasteiger partial charge is 0.484 e. The lowest BCUT2D eigenvalue weighted by atomic mass is 10.3. The minimum atomic E-state index is 0.322. The Balaban J connectivity index is 2.05. The fourth-order valence-electron chi connectivity index (χ4n) is 1.28. The Morgan fingerprint density at radius 1 is 1.24 bits per heavy atom. The standard InChI is InChI=1S/C12H11ClN2O2/c1-16-11-6-2-4-9(15-11)8-17-10-5-3-7-14-12(10)13/h2-7H,8H2,1H3. The third kappa shape index (κ3) is 3.07. The van der Waals surface area contributed by atoms with E-state index in [0.717, 1.165) is 5.69 Å². The first-order valence-electron chi connectivity index (χ1n) is 5.03. The number of pyridine rings is 2. The molecular formula is C12H11ClN2O2. The molecule has 0 amide bonds. The van der Waals surface area contributed by atoms with E-state index in [0.29, 0.717) is 23.4 Å². The Bertz CT molecular complexity index is 505. The maximum atomic E-state index is 5.87. The lowest BCUT2D eigenvalue weighted by Gasteiger charge is -2.07. The Kier molecular flexibility index (Phi) is 3.77. The summed E-state index contributed by atoms with van der Waals surface area (Å²) in [6.45, 7) is 0.322. The van der Waals surface area contributed by atoms with E-state index >= 15 is 0 Å². The molecule has 2 rings (SSSR count). The SMILES string of the molecule is COc1cccc(COc2cccnc2Cl)n1. The number of halogens is 1. The number of ether oxygens (including phenoxy) is 2. The second-order valence-corrected chi connectivity index (χ2v) is 3.61. The van der Waals surface area contributed by atoms with E-state index in [4.69, 9.17) is 21.1 Å². The summed E-state index contributed by atoms with van der Waals surface area (Å²) in [5.41, 5.74) is 0.768. The van der Waals surface area contributed by atoms with Gasteiger partial charge in [0.25, 0.3) is 0 Å². The summed E-state index contributed by atoms with van der Waals surface area (Å²) in [6.07, 6.45) is 1.61. The van der Waals surface area contributed by atoms with Crippen molar-refractivity contribution >= 4 is 11.6 Å². The van der Waals surface area contributed by atoms with Gasteiger partial charge in [0.1, 0.15) is 6.61 Å². The summed E-state index contributed by atoms with van der Waals surface area (Å²) in [5.74, 6) is 1.10. The van der Waals surface area contributed by atoms with Gasteiger partial charge in [0.2, 0.25) is 5.88 Å². The monoisotopic (exact) mass is 250 g/mol. The number of methoxy groups -OCH3 is 1. The molecule has 88 valence electrons. The van der Waals surface area contributed by atoms with Crippen molar-refractivity contribution in [3.63, 3.8) is 0 Å². The van der Waals surface area contributed by atoms with Crippen LogP contribution in [0.1, 0.15) is 5.69 Å². The van der Waals surface area contributed by atoms with Crippen LogP contribution in [-0.4, -0.2) is 17.1 Å². The van der Waals surface area contributed by atoms with Gasteiger partial charge < -0.3 is 9.47 Å². The Labute approximate surface area is 104 Å². The van der Waals surface area contributed by atoms with Crippen LogP contribution in [0.4, 0.5) is 0 Å². The summed E-state index contributed by atoms with van der Waals surface area (Å²) >= 11 is 5.87. The minimum Gasteiger partial charge on any atom is -0.484 e. The average molecular weight is 251 g/mol. The lowest BCUT2D eigenvalue weighted by Crippen LogP contribution is -2.00. The van der Waals surface area contributed by atoms with Gasteiger partial charge in [-0.25, -0.2) is 9.97 Å². The molecule has 0 saturated heterocycles. The third-order valence-corrected chi connectivity index (χ3v) is 2.37. The highest BCUT2D eigenvalue weighted by Crippen LogP contribution is 2.21. The fraction of sp³-hybridized carbons (Fsp3) is 0.167. The number of hydrogen-bond acceptors (Lipinski definition) is 4. The zero-order valence-electron chi connectivity index (χ0n) is 9.26. The van der Waals surface area contributed by atoms with E-state index in [9.17, 15) is 0 Å². The van der Waals surface area contributed by atoms with Gasteiger partial charge in [0, 0.05) is 12.3 Å². The smallest absolute Gasteiger partial charge is 0.213 e. The molecular weight excluding hydrogens is 240 g/mol. The maximum absolute atomic E-state index is 5.87. The predicted octanol–water partition coefficient (Wildman–Crippen LogP) is 2.72. The molecule has 2 aromatic heterocycles. The molecule has 5 heteroatoms. The Morgan fingerprint density at radius 3 is 2.88 bits per heavy atom. The molecule has 0 atom stereocenters. The first-order valence-corrected chi connectivity index (χ1v) is 5.40. The van der Waals surface area contributed by atoms with Gasteiger partial charge >= 0.3 is 0 Å². The van der Waals surface area contributed by atoms with E-state index in [1.54, 1.807) is 31.5 Å². The number of hydrogen-bond donors (Lipinski definition) is 0. The maximum Gasteiger partial charge on any atom is 0.213 e. The summed E-state index contributed by atoms with van der Waals surface area (Å²) < 4.78 is 10.5. The summed E-state index contributed by atoms with van der Waals surface area (Å²) in [6, 6.07) is 9.01. The van der Waals surface area contributed by atoms with Gasteiger partial charge in [-0.15, -0.1) is 0 Å².